The van der Waals surface area contributed by atoms with E-state index in [4.69, 9.17) is 27.1 Å². The van der Waals surface area contributed by atoms with Crippen LogP contribution in [0.2, 0.25) is 5.02 Å². The third-order valence-corrected chi connectivity index (χ3v) is 9.08. The molecule has 2 aliphatic carbocycles. The van der Waals surface area contributed by atoms with E-state index in [0.29, 0.717) is 32.5 Å². The molecule has 1 fully saturated rings. The number of aromatic nitrogens is 5. The van der Waals surface area contributed by atoms with E-state index in [2.05, 4.69) is 20.5 Å². The SMILES string of the molecule is CC(C)(C)C[C@]1(C2C=CC(c3cnn(C(F)F)c3)=CC2)N=C(N)N([C@H](COC(=O)NC2CC2)c2ccc(Cl)c(-c3ncnn3C(F)F)c2)C1=O. The highest BCUT2D eigenvalue weighted by molar-refractivity contribution is 6.33. The van der Waals surface area contributed by atoms with Crippen LogP contribution < -0.4 is 11.1 Å². The maximum absolute atomic E-state index is 14.9. The number of rotatable bonds is 11. The van der Waals surface area contributed by atoms with Crippen LogP contribution in [0.4, 0.5) is 22.4 Å². The predicted octanol–water partition coefficient (Wildman–Crippen LogP) is 6.51. The smallest absolute Gasteiger partial charge is 0.407 e. The molecule has 3 atom stereocenters. The lowest BCUT2D eigenvalue weighted by Gasteiger charge is -2.38. The van der Waals surface area contributed by atoms with Gasteiger partial charge in [-0.05, 0) is 54.4 Å². The maximum Gasteiger partial charge on any atom is 0.407 e. The summed E-state index contributed by atoms with van der Waals surface area (Å²) in [6.45, 7) is -0.233. The molecule has 1 saturated carbocycles. The summed E-state index contributed by atoms with van der Waals surface area (Å²) in [7, 11) is 0. The Morgan fingerprint density at radius 3 is 2.56 bits per heavy atom. The zero-order chi connectivity index (χ0) is 36.0. The molecule has 1 aromatic carbocycles. The molecule has 2 amide bonds. The zero-order valence-electron chi connectivity index (χ0n) is 27.4. The molecule has 1 aliphatic heterocycles. The van der Waals surface area contributed by atoms with Gasteiger partial charge in [0.1, 0.15) is 12.9 Å². The molecule has 1 unspecified atom stereocenters. The number of benzene rings is 1. The second kappa shape index (κ2) is 13.5. The largest absolute Gasteiger partial charge is 0.447 e. The Balaban J connectivity index is 1.36. The second-order valence-corrected chi connectivity index (χ2v) is 14.1. The van der Waals surface area contributed by atoms with Gasteiger partial charge in [-0.1, -0.05) is 56.7 Å². The molecular formula is C33H36ClF4N9O3. The third kappa shape index (κ3) is 7.11. The normalized spacial score (nSPS) is 21.5. The number of nitrogens with two attached hydrogens (primary N) is 1. The van der Waals surface area contributed by atoms with Crippen molar-refractivity contribution in [3.63, 3.8) is 0 Å². The highest BCUT2D eigenvalue weighted by Crippen LogP contribution is 2.46. The molecule has 12 nitrogen and oxygen atoms in total. The number of nitrogens with zero attached hydrogens (tertiary/aromatic N) is 7. The molecular weight excluding hydrogens is 682 g/mol. The molecule has 0 saturated heterocycles. The lowest BCUT2D eigenvalue weighted by atomic mass is 9.70. The first-order valence-corrected chi connectivity index (χ1v) is 16.4. The predicted molar refractivity (Wildman–Crippen MR) is 176 cm³/mol. The topological polar surface area (TPSA) is 146 Å². The van der Waals surface area contributed by atoms with Gasteiger partial charge in [0, 0.05) is 29.3 Å². The summed E-state index contributed by atoms with van der Waals surface area (Å²) >= 11 is 6.46. The molecule has 0 spiro atoms. The average molecular weight is 718 g/mol. The first kappa shape index (κ1) is 35.1. The summed E-state index contributed by atoms with van der Waals surface area (Å²) in [6.07, 6.45) is 10.6. The molecule has 3 aromatic rings. The number of allylic oxidation sites excluding steroid dienone is 3. The Kier molecular flexibility index (Phi) is 9.50. The number of hydrogen-bond donors (Lipinski definition) is 2. The van der Waals surface area contributed by atoms with E-state index < -0.39 is 48.0 Å². The van der Waals surface area contributed by atoms with Gasteiger partial charge in [-0.15, -0.1) is 0 Å². The Hall–Kier alpha value is -4.73. The number of guanidine groups is 1. The van der Waals surface area contributed by atoms with Crippen molar-refractivity contribution >= 4 is 35.1 Å². The number of alkyl carbamates (subject to hydrolysis) is 1. The van der Waals surface area contributed by atoms with Crippen LogP contribution in [-0.2, 0) is 9.53 Å². The Bertz CT molecular complexity index is 1860. The number of nitrogens with one attached hydrogen (secondary N) is 1. The summed E-state index contributed by atoms with van der Waals surface area (Å²) in [4.78, 5) is 37.7. The van der Waals surface area contributed by atoms with Crippen molar-refractivity contribution in [3.8, 4) is 11.4 Å². The molecule has 3 N–H and O–H groups in total. The highest BCUT2D eigenvalue weighted by atomic mass is 35.5. The van der Waals surface area contributed by atoms with Crippen molar-refractivity contribution in [3.05, 3.63) is 71.3 Å². The Labute approximate surface area is 290 Å². The van der Waals surface area contributed by atoms with Gasteiger partial charge in [0.2, 0.25) is 0 Å². The first-order chi connectivity index (χ1) is 23.7. The minimum Gasteiger partial charge on any atom is -0.447 e. The van der Waals surface area contributed by atoms with E-state index in [1.54, 1.807) is 12.1 Å². The number of alkyl halides is 4. The van der Waals surface area contributed by atoms with Crippen molar-refractivity contribution in [1.29, 1.82) is 0 Å². The number of halogens is 5. The lowest BCUT2D eigenvalue weighted by molar-refractivity contribution is -0.136. The zero-order valence-corrected chi connectivity index (χ0v) is 28.2. The molecule has 3 aliphatic rings. The van der Waals surface area contributed by atoms with Gasteiger partial charge in [0.15, 0.2) is 17.3 Å². The molecule has 266 valence electrons. The van der Waals surface area contributed by atoms with Gasteiger partial charge in [-0.2, -0.15) is 32.4 Å². The fourth-order valence-electron chi connectivity index (χ4n) is 6.42. The molecule has 0 bridgehead atoms. The summed E-state index contributed by atoms with van der Waals surface area (Å²) in [5.41, 5.74) is 6.42. The molecule has 3 heterocycles. The summed E-state index contributed by atoms with van der Waals surface area (Å²) < 4.78 is 60.5. The average Bonchev–Trinajstić information content (AvgIpc) is 3.42. The lowest BCUT2D eigenvalue weighted by Crippen LogP contribution is -2.51. The van der Waals surface area contributed by atoms with E-state index in [-0.39, 0.29) is 41.4 Å². The number of amides is 2. The van der Waals surface area contributed by atoms with Gasteiger partial charge in [-0.3, -0.25) is 9.69 Å². The first-order valence-electron chi connectivity index (χ1n) is 16.0. The van der Waals surface area contributed by atoms with E-state index in [1.807, 2.05) is 32.9 Å². The quantitative estimate of drug-likeness (QED) is 0.215. The van der Waals surface area contributed by atoms with Crippen molar-refractivity contribution in [2.45, 2.75) is 77.2 Å². The fraction of sp³-hybridized carbons (Fsp3) is 0.455. The second-order valence-electron chi connectivity index (χ2n) is 13.7. The summed E-state index contributed by atoms with van der Waals surface area (Å²) in [5.74, 6) is -1.27. The van der Waals surface area contributed by atoms with Crippen LogP contribution in [0.1, 0.15) is 76.7 Å². The van der Waals surface area contributed by atoms with Gasteiger partial charge in [0.05, 0.1) is 17.3 Å². The van der Waals surface area contributed by atoms with E-state index in [1.165, 1.54) is 29.4 Å². The monoisotopic (exact) mass is 717 g/mol. The summed E-state index contributed by atoms with van der Waals surface area (Å²) in [6, 6.07) is 3.50. The van der Waals surface area contributed by atoms with Crippen LogP contribution >= 0.6 is 11.6 Å². The minimum atomic E-state index is -3.00. The number of carbonyl (C=O) groups is 2. The van der Waals surface area contributed by atoms with Crippen molar-refractivity contribution in [2.75, 3.05) is 6.61 Å². The standard InChI is InChI=1S/C33H36ClF4N9O3/c1-32(2,3)16-33(21-7-4-18(5-8-21)20-13-41-45(14-20)28(35)36)27(48)46(30(39)44-33)25(15-50-31(49)43-22-9-10-22)19-6-11-24(34)23(12-19)26-40-17-42-47(26)29(37)38/h4-7,11-14,17,21-22,25,28-29H,8-10,15-16H2,1-3H3,(H2,39,44)(H,43,49)/t21?,25-,33-/m1/s1. The van der Waals surface area contributed by atoms with Crippen LogP contribution in [0.25, 0.3) is 17.0 Å². The highest BCUT2D eigenvalue weighted by Gasteiger charge is 2.55. The summed E-state index contributed by atoms with van der Waals surface area (Å²) in [5, 5.41) is 10.2. The van der Waals surface area contributed by atoms with Crippen molar-refractivity contribution < 1.29 is 31.9 Å². The van der Waals surface area contributed by atoms with Gasteiger partial charge < -0.3 is 15.8 Å². The molecule has 50 heavy (non-hydrogen) atoms. The van der Waals surface area contributed by atoms with Crippen LogP contribution in [0.3, 0.4) is 0 Å². The number of carbonyl (C=O) groups excluding carboxylic acids is 2. The van der Waals surface area contributed by atoms with E-state index >= 15 is 0 Å². The van der Waals surface area contributed by atoms with E-state index in [0.717, 1.165) is 19.2 Å². The van der Waals surface area contributed by atoms with Crippen molar-refractivity contribution in [2.24, 2.45) is 22.1 Å². The van der Waals surface area contributed by atoms with Gasteiger partial charge in [0.25, 0.3) is 5.91 Å². The van der Waals surface area contributed by atoms with Crippen molar-refractivity contribution in [1.82, 2.24) is 34.8 Å². The molecule has 6 rings (SSSR count). The number of ether oxygens (including phenoxy) is 1. The maximum atomic E-state index is 14.9. The van der Waals surface area contributed by atoms with Crippen LogP contribution in [-0.4, -0.2) is 65.6 Å². The molecule has 0 radical (unpaired) electrons. The van der Waals surface area contributed by atoms with E-state index in [9.17, 15) is 27.2 Å². The molecule has 17 heteroatoms. The van der Waals surface area contributed by atoms with Gasteiger partial charge in [-0.25, -0.2) is 19.5 Å². The van der Waals surface area contributed by atoms with Crippen LogP contribution in [0.15, 0.2) is 60.1 Å². The number of hydrogen-bond acceptors (Lipinski definition) is 8. The molecule has 2 aromatic heterocycles. The third-order valence-electron chi connectivity index (χ3n) is 8.76. The van der Waals surface area contributed by atoms with Crippen LogP contribution in [0.5, 0.6) is 0 Å². The van der Waals surface area contributed by atoms with Gasteiger partial charge >= 0.3 is 19.2 Å². The Morgan fingerprint density at radius 2 is 1.94 bits per heavy atom. The number of aliphatic imine (C=N–C) groups is 1. The Morgan fingerprint density at radius 1 is 1.18 bits per heavy atom. The van der Waals surface area contributed by atoms with Crippen LogP contribution in [0, 0.1) is 11.3 Å². The minimum absolute atomic E-state index is 0.00373. The fourth-order valence-corrected chi connectivity index (χ4v) is 6.62.